The standard InChI is InChI=1S/C42H42N4O/c1-25-16-17-43-38(22-25)45-36-13-11-10-12-34(36)35-15-14-32(24-37(35)45)47-33-21-27(3)20-31(23-33)46-41(42(7,8)9)40(30(6)44-46)39-28(4)18-26(2)19-29(39)5/h10-24H,1-9H3. The van der Waals surface area contributed by atoms with Gasteiger partial charge in [0, 0.05) is 40.1 Å². The van der Waals surface area contributed by atoms with E-state index >= 15 is 0 Å². The zero-order valence-corrected chi connectivity index (χ0v) is 28.9. The van der Waals surface area contributed by atoms with Crippen LogP contribution in [0.25, 0.3) is 44.4 Å². The molecule has 0 spiro atoms. The molecule has 3 aromatic heterocycles. The van der Waals surface area contributed by atoms with Gasteiger partial charge in [-0.3, -0.25) is 4.57 Å². The predicted octanol–water partition coefficient (Wildman–Crippen LogP) is 11.0. The minimum Gasteiger partial charge on any atom is -0.457 e. The van der Waals surface area contributed by atoms with E-state index in [9.17, 15) is 0 Å². The molecular weight excluding hydrogens is 576 g/mol. The zero-order valence-electron chi connectivity index (χ0n) is 28.9. The van der Waals surface area contributed by atoms with Crippen molar-refractivity contribution < 1.29 is 4.74 Å². The van der Waals surface area contributed by atoms with Gasteiger partial charge in [-0.25, -0.2) is 9.67 Å². The first kappa shape index (κ1) is 30.5. The van der Waals surface area contributed by atoms with E-state index in [4.69, 9.17) is 14.8 Å². The summed E-state index contributed by atoms with van der Waals surface area (Å²) in [5.41, 5.74) is 13.8. The van der Waals surface area contributed by atoms with Crippen LogP contribution in [0, 0.1) is 41.5 Å². The molecule has 0 N–H and O–H groups in total. The van der Waals surface area contributed by atoms with Crippen LogP contribution < -0.4 is 4.74 Å². The molecular formula is C42H42N4O. The van der Waals surface area contributed by atoms with Crippen LogP contribution in [0.2, 0.25) is 0 Å². The van der Waals surface area contributed by atoms with Crippen LogP contribution in [0.5, 0.6) is 11.5 Å². The second kappa shape index (κ2) is 11.3. The SMILES string of the molecule is Cc1cc(Oc2ccc3c4ccccc4n(-c4cc(C)ccn4)c3c2)cc(-n2nc(C)c(-c3c(C)cc(C)cc3C)c2C(C)(C)C)c1. The number of rotatable bonds is 5. The van der Waals surface area contributed by atoms with E-state index in [0.717, 1.165) is 50.7 Å². The minimum atomic E-state index is -0.159. The number of benzene rings is 4. The summed E-state index contributed by atoms with van der Waals surface area (Å²) in [5.74, 6) is 2.43. The van der Waals surface area contributed by atoms with Crippen molar-refractivity contribution in [2.75, 3.05) is 0 Å². The number of hydrogen-bond donors (Lipinski definition) is 0. The number of nitrogens with zero attached hydrogens (tertiary/aromatic N) is 4. The Balaban J connectivity index is 1.35. The van der Waals surface area contributed by atoms with Crippen LogP contribution in [0.1, 0.15) is 60.0 Å². The van der Waals surface area contributed by atoms with E-state index in [1.165, 1.54) is 44.5 Å². The van der Waals surface area contributed by atoms with Crippen LogP contribution >= 0.6 is 0 Å². The maximum Gasteiger partial charge on any atom is 0.137 e. The number of pyridine rings is 1. The summed E-state index contributed by atoms with van der Waals surface area (Å²) in [7, 11) is 0. The van der Waals surface area contributed by atoms with Gasteiger partial charge in [0.1, 0.15) is 17.3 Å². The summed E-state index contributed by atoms with van der Waals surface area (Å²) in [6, 6.07) is 29.9. The zero-order chi connectivity index (χ0) is 33.2. The summed E-state index contributed by atoms with van der Waals surface area (Å²) in [4.78, 5) is 4.74. The summed E-state index contributed by atoms with van der Waals surface area (Å²) < 4.78 is 11.0. The second-order valence-electron chi connectivity index (χ2n) is 14.1. The molecule has 47 heavy (non-hydrogen) atoms. The van der Waals surface area contributed by atoms with Gasteiger partial charge in [0.05, 0.1) is 28.1 Å². The van der Waals surface area contributed by atoms with Gasteiger partial charge >= 0.3 is 0 Å². The lowest BCUT2D eigenvalue weighted by Crippen LogP contribution is -2.19. The minimum absolute atomic E-state index is 0.159. The van der Waals surface area contributed by atoms with Crippen LogP contribution in [0.15, 0.2) is 91.1 Å². The molecule has 0 amide bonds. The van der Waals surface area contributed by atoms with Gasteiger partial charge in [0.15, 0.2) is 0 Å². The smallest absolute Gasteiger partial charge is 0.137 e. The highest BCUT2D eigenvalue weighted by Gasteiger charge is 2.29. The van der Waals surface area contributed by atoms with Crippen molar-refractivity contribution in [2.45, 2.75) is 67.7 Å². The lowest BCUT2D eigenvalue weighted by atomic mass is 9.83. The Labute approximate surface area is 277 Å². The van der Waals surface area contributed by atoms with Crippen molar-refractivity contribution in [1.29, 1.82) is 0 Å². The topological polar surface area (TPSA) is 44.9 Å². The largest absolute Gasteiger partial charge is 0.457 e. The Morgan fingerprint density at radius 1 is 0.617 bits per heavy atom. The maximum absolute atomic E-state index is 6.66. The summed E-state index contributed by atoms with van der Waals surface area (Å²) in [6.07, 6.45) is 1.87. The monoisotopic (exact) mass is 618 g/mol. The average molecular weight is 619 g/mol. The number of para-hydroxylation sites is 1. The van der Waals surface area contributed by atoms with Gasteiger partial charge in [-0.15, -0.1) is 0 Å². The summed E-state index contributed by atoms with van der Waals surface area (Å²) in [6.45, 7) is 19.7. The molecule has 3 heterocycles. The molecule has 7 aromatic rings. The Morgan fingerprint density at radius 2 is 1.32 bits per heavy atom. The second-order valence-corrected chi connectivity index (χ2v) is 14.1. The van der Waals surface area contributed by atoms with E-state index in [2.05, 4.69) is 150 Å². The molecule has 0 fully saturated rings. The molecule has 5 nitrogen and oxygen atoms in total. The molecule has 0 saturated carbocycles. The van der Waals surface area contributed by atoms with Crippen molar-refractivity contribution in [3.8, 4) is 34.1 Å². The van der Waals surface area contributed by atoms with Crippen molar-refractivity contribution >= 4 is 21.8 Å². The van der Waals surface area contributed by atoms with Crippen molar-refractivity contribution in [1.82, 2.24) is 19.3 Å². The number of fused-ring (bicyclic) bond motifs is 3. The van der Waals surface area contributed by atoms with Crippen molar-refractivity contribution in [2.24, 2.45) is 0 Å². The Kier molecular flexibility index (Phi) is 7.31. The summed E-state index contributed by atoms with van der Waals surface area (Å²) in [5, 5.41) is 7.54. The maximum atomic E-state index is 6.66. The highest BCUT2D eigenvalue weighted by atomic mass is 16.5. The van der Waals surface area contributed by atoms with Crippen molar-refractivity contribution in [3.63, 3.8) is 0 Å². The Hall–Kier alpha value is -5.16. The molecule has 5 heteroatoms. The molecule has 0 atom stereocenters. The predicted molar refractivity (Wildman–Crippen MR) is 195 cm³/mol. The third kappa shape index (κ3) is 5.40. The lowest BCUT2D eigenvalue weighted by Gasteiger charge is -2.24. The van der Waals surface area contributed by atoms with Gasteiger partial charge in [-0.2, -0.15) is 5.10 Å². The van der Waals surface area contributed by atoms with Gasteiger partial charge < -0.3 is 4.74 Å². The lowest BCUT2D eigenvalue weighted by molar-refractivity contribution is 0.481. The van der Waals surface area contributed by atoms with Crippen molar-refractivity contribution in [3.05, 3.63) is 130 Å². The molecule has 0 radical (unpaired) electrons. The normalized spacial score (nSPS) is 11.9. The molecule has 236 valence electrons. The van der Waals surface area contributed by atoms with E-state index in [1.807, 2.05) is 12.3 Å². The van der Waals surface area contributed by atoms with Crippen LogP contribution in [-0.2, 0) is 5.41 Å². The third-order valence-electron chi connectivity index (χ3n) is 8.99. The Morgan fingerprint density at radius 3 is 2.04 bits per heavy atom. The fourth-order valence-corrected chi connectivity index (χ4v) is 7.23. The van der Waals surface area contributed by atoms with E-state index in [0.29, 0.717) is 0 Å². The molecule has 0 bridgehead atoms. The molecule has 0 aliphatic rings. The first-order chi connectivity index (χ1) is 22.4. The highest BCUT2D eigenvalue weighted by molar-refractivity contribution is 6.09. The molecule has 0 aliphatic heterocycles. The highest BCUT2D eigenvalue weighted by Crippen LogP contribution is 2.41. The van der Waals surface area contributed by atoms with E-state index in [-0.39, 0.29) is 5.41 Å². The van der Waals surface area contributed by atoms with Crippen LogP contribution in [0.3, 0.4) is 0 Å². The molecule has 4 aromatic carbocycles. The first-order valence-corrected chi connectivity index (χ1v) is 16.3. The molecule has 7 rings (SSSR count). The van der Waals surface area contributed by atoms with Gasteiger partial charge in [-0.1, -0.05) is 56.7 Å². The quantitative estimate of drug-likeness (QED) is 0.193. The number of aryl methyl sites for hydroxylation is 6. The molecule has 0 unspecified atom stereocenters. The third-order valence-corrected chi connectivity index (χ3v) is 8.99. The molecule has 0 saturated heterocycles. The first-order valence-electron chi connectivity index (χ1n) is 16.3. The number of ether oxygens (including phenoxy) is 1. The van der Waals surface area contributed by atoms with Crippen LogP contribution in [0.4, 0.5) is 0 Å². The fourth-order valence-electron chi connectivity index (χ4n) is 7.23. The van der Waals surface area contributed by atoms with E-state index in [1.54, 1.807) is 0 Å². The fraction of sp³-hybridized carbons (Fsp3) is 0.238. The number of hydrogen-bond acceptors (Lipinski definition) is 3. The van der Waals surface area contributed by atoms with Gasteiger partial charge in [-0.05, 0) is 112 Å². The van der Waals surface area contributed by atoms with Crippen LogP contribution in [-0.4, -0.2) is 19.3 Å². The van der Waals surface area contributed by atoms with Gasteiger partial charge in [0.25, 0.3) is 0 Å². The van der Waals surface area contributed by atoms with E-state index < -0.39 is 0 Å². The van der Waals surface area contributed by atoms with Gasteiger partial charge in [0.2, 0.25) is 0 Å². The molecule has 0 aliphatic carbocycles. The summed E-state index contributed by atoms with van der Waals surface area (Å²) >= 11 is 0. The Bertz CT molecular complexity index is 2310. The average Bonchev–Trinajstić information content (AvgIpc) is 3.51. The number of aromatic nitrogens is 4.